The average molecular weight is 212 g/mol. The Labute approximate surface area is 89.3 Å². The van der Waals surface area contributed by atoms with Gasteiger partial charge in [0.2, 0.25) is 0 Å². The van der Waals surface area contributed by atoms with E-state index < -0.39 is 11.9 Å². The van der Waals surface area contributed by atoms with Crippen molar-refractivity contribution in [3.63, 3.8) is 0 Å². The van der Waals surface area contributed by atoms with Crippen LogP contribution in [0.5, 0.6) is 0 Å². The van der Waals surface area contributed by atoms with Crippen LogP contribution in [0.1, 0.15) is 40.5 Å². The molecule has 0 N–H and O–H groups in total. The summed E-state index contributed by atoms with van der Waals surface area (Å²) in [7, 11) is 0. The predicted molar refractivity (Wildman–Crippen MR) is 55.1 cm³/mol. The van der Waals surface area contributed by atoms with Crippen molar-refractivity contribution in [1.82, 2.24) is 0 Å². The van der Waals surface area contributed by atoms with E-state index in [1.54, 1.807) is 0 Å². The summed E-state index contributed by atoms with van der Waals surface area (Å²) in [5.41, 5.74) is 0.656. The van der Waals surface area contributed by atoms with E-state index in [0.717, 1.165) is 13.3 Å². The van der Waals surface area contributed by atoms with E-state index >= 15 is 0 Å². The van der Waals surface area contributed by atoms with Crippen LogP contribution < -0.4 is 0 Å². The van der Waals surface area contributed by atoms with Gasteiger partial charge in [-0.15, -0.1) is 0 Å². The summed E-state index contributed by atoms with van der Waals surface area (Å²) in [5.74, 6) is -1.56. The van der Waals surface area contributed by atoms with E-state index in [9.17, 15) is 14.4 Å². The highest BCUT2D eigenvalue weighted by Crippen LogP contribution is 2.13. The SMILES string of the molecule is CCCC(C(C)=O)=C(C)C(=O)OC(C)=O. The first kappa shape index (κ1) is 13.5. The molecule has 0 aromatic rings. The molecule has 0 spiro atoms. The molecule has 0 rings (SSSR count). The van der Waals surface area contributed by atoms with Gasteiger partial charge in [-0.2, -0.15) is 0 Å². The molecule has 0 amide bonds. The van der Waals surface area contributed by atoms with Gasteiger partial charge in [-0.3, -0.25) is 9.59 Å². The van der Waals surface area contributed by atoms with Gasteiger partial charge in [0.25, 0.3) is 0 Å². The zero-order valence-corrected chi connectivity index (χ0v) is 9.55. The van der Waals surface area contributed by atoms with E-state index in [1.165, 1.54) is 13.8 Å². The van der Waals surface area contributed by atoms with Crippen molar-refractivity contribution in [2.24, 2.45) is 0 Å². The van der Waals surface area contributed by atoms with Crippen LogP contribution in [0.3, 0.4) is 0 Å². The smallest absolute Gasteiger partial charge is 0.341 e. The number of carbonyl (C=O) groups is 3. The summed E-state index contributed by atoms with van der Waals surface area (Å²) in [6.07, 6.45) is 1.29. The highest BCUT2D eigenvalue weighted by atomic mass is 16.6. The number of hydrogen-bond donors (Lipinski definition) is 0. The summed E-state index contributed by atoms with van der Waals surface area (Å²) in [6.45, 7) is 5.96. The molecule has 15 heavy (non-hydrogen) atoms. The molecule has 0 aliphatic rings. The van der Waals surface area contributed by atoms with Crippen molar-refractivity contribution >= 4 is 17.7 Å². The number of carbonyl (C=O) groups excluding carboxylic acids is 3. The third-order valence-electron chi connectivity index (χ3n) is 1.92. The van der Waals surface area contributed by atoms with Gasteiger partial charge in [0, 0.05) is 18.1 Å². The molecular weight excluding hydrogens is 196 g/mol. The maximum absolute atomic E-state index is 11.3. The quantitative estimate of drug-likeness (QED) is 0.405. The van der Waals surface area contributed by atoms with Gasteiger partial charge in [-0.1, -0.05) is 13.3 Å². The van der Waals surface area contributed by atoms with Crippen molar-refractivity contribution in [3.8, 4) is 0 Å². The molecule has 0 saturated carbocycles. The van der Waals surface area contributed by atoms with Gasteiger partial charge in [0.05, 0.1) is 0 Å². The molecule has 0 unspecified atom stereocenters. The summed E-state index contributed by atoms with van der Waals surface area (Å²) < 4.78 is 4.40. The summed E-state index contributed by atoms with van der Waals surface area (Å²) in [5, 5.41) is 0. The average Bonchev–Trinajstić information content (AvgIpc) is 2.11. The molecule has 0 aliphatic heterocycles. The second-order valence-electron chi connectivity index (χ2n) is 3.29. The molecule has 84 valence electrons. The number of Topliss-reactive ketones (excluding diaryl/α,β-unsaturated/α-hetero) is 1. The lowest BCUT2D eigenvalue weighted by Crippen LogP contribution is -2.14. The standard InChI is InChI=1S/C11H16O4/c1-5-6-10(8(3)12)7(2)11(14)15-9(4)13/h5-6H2,1-4H3. The Hall–Kier alpha value is -1.45. The Kier molecular flexibility index (Phi) is 5.52. The van der Waals surface area contributed by atoms with Gasteiger partial charge < -0.3 is 4.74 Å². The Bertz CT molecular complexity index is 313. The maximum atomic E-state index is 11.3. The predicted octanol–water partition coefficient (Wildman–Crippen LogP) is 1.78. The lowest BCUT2D eigenvalue weighted by atomic mass is 10.0. The highest BCUT2D eigenvalue weighted by molar-refractivity contribution is 6.04. The van der Waals surface area contributed by atoms with E-state index in [1.807, 2.05) is 6.92 Å². The first-order chi connectivity index (χ1) is 6.90. The van der Waals surface area contributed by atoms with Crippen LogP contribution in [0.15, 0.2) is 11.1 Å². The number of rotatable bonds is 4. The third-order valence-corrected chi connectivity index (χ3v) is 1.92. The van der Waals surface area contributed by atoms with Gasteiger partial charge in [-0.25, -0.2) is 4.79 Å². The van der Waals surface area contributed by atoms with Gasteiger partial charge in [-0.05, 0) is 20.3 Å². The van der Waals surface area contributed by atoms with E-state index in [0.29, 0.717) is 12.0 Å². The van der Waals surface area contributed by atoms with Crippen molar-refractivity contribution in [2.75, 3.05) is 0 Å². The third kappa shape index (κ3) is 4.54. The van der Waals surface area contributed by atoms with E-state index in [4.69, 9.17) is 0 Å². The van der Waals surface area contributed by atoms with Crippen LogP contribution >= 0.6 is 0 Å². The molecule has 0 fully saturated rings. The number of hydrogen-bond acceptors (Lipinski definition) is 4. The van der Waals surface area contributed by atoms with Crippen molar-refractivity contribution in [3.05, 3.63) is 11.1 Å². The lowest BCUT2D eigenvalue weighted by Gasteiger charge is -2.06. The number of esters is 2. The molecule has 0 atom stereocenters. The topological polar surface area (TPSA) is 60.4 Å². The Morgan fingerprint density at radius 3 is 1.93 bits per heavy atom. The number of ketones is 1. The molecule has 0 aliphatic carbocycles. The van der Waals surface area contributed by atoms with Gasteiger partial charge >= 0.3 is 11.9 Å². The molecule has 0 saturated heterocycles. The van der Waals surface area contributed by atoms with Gasteiger partial charge in [0.15, 0.2) is 5.78 Å². The maximum Gasteiger partial charge on any atom is 0.341 e. The van der Waals surface area contributed by atoms with Crippen molar-refractivity contribution in [2.45, 2.75) is 40.5 Å². The molecular formula is C11H16O4. The van der Waals surface area contributed by atoms with Crippen molar-refractivity contribution < 1.29 is 19.1 Å². The minimum absolute atomic E-state index is 0.158. The molecule has 0 radical (unpaired) electrons. The molecule has 0 aromatic heterocycles. The molecule has 0 aromatic carbocycles. The molecule has 4 heteroatoms. The summed E-state index contributed by atoms with van der Waals surface area (Å²) in [4.78, 5) is 33.1. The number of allylic oxidation sites excluding steroid dienone is 1. The Morgan fingerprint density at radius 2 is 1.60 bits per heavy atom. The fourth-order valence-electron chi connectivity index (χ4n) is 1.21. The monoisotopic (exact) mass is 212 g/mol. The minimum atomic E-state index is -0.735. The van der Waals surface area contributed by atoms with Crippen LogP contribution in [-0.2, 0) is 19.1 Å². The molecule has 4 nitrogen and oxygen atoms in total. The lowest BCUT2D eigenvalue weighted by molar-refractivity contribution is -0.155. The Balaban J connectivity index is 4.91. The first-order valence-electron chi connectivity index (χ1n) is 4.83. The summed E-state index contributed by atoms with van der Waals surface area (Å²) >= 11 is 0. The fraction of sp³-hybridized carbons (Fsp3) is 0.545. The minimum Gasteiger partial charge on any atom is -0.390 e. The summed E-state index contributed by atoms with van der Waals surface area (Å²) in [6, 6.07) is 0. The largest absolute Gasteiger partial charge is 0.390 e. The van der Waals surface area contributed by atoms with Crippen LogP contribution in [0, 0.1) is 0 Å². The second kappa shape index (κ2) is 6.11. The van der Waals surface area contributed by atoms with Crippen LogP contribution in [0.25, 0.3) is 0 Å². The zero-order chi connectivity index (χ0) is 12.0. The van der Waals surface area contributed by atoms with E-state index in [-0.39, 0.29) is 11.4 Å². The zero-order valence-electron chi connectivity index (χ0n) is 9.55. The molecule has 0 bridgehead atoms. The highest BCUT2D eigenvalue weighted by Gasteiger charge is 2.16. The van der Waals surface area contributed by atoms with Crippen LogP contribution in [-0.4, -0.2) is 17.7 Å². The fourth-order valence-corrected chi connectivity index (χ4v) is 1.21. The first-order valence-corrected chi connectivity index (χ1v) is 4.83. The van der Waals surface area contributed by atoms with Crippen molar-refractivity contribution in [1.29, 1.82) is 0 Å². The van der Waals surface area contributed by atoms with E-state index in [2.05, 4.69) is 4.74 Å². The van der Waals surface area contributed by atoms with Gasteiger partial charge in [0.1, 0.15) is 0 Å². The van der Waals surface area contributed by atoms with Crippen LogP contribution in [0.2, 0.25) is 0 Å². The second-order valence-corrected chi connectivity index (χ2v) is 3.29. The normalized spacial score (nSPS) is 11.7. The van der Waals surface area contributed by atoms with Crippen LogP contribution in [0.4, 0.5) is 0 Å². The molecule has 0 heterocycles. The number of ether oxygens (including phenoxy) is 1. The Morgan fingerprint density at radius 1 is 1.07 bits per heavy atom.